The van der Waals surface area contributed by atoms with Gasteiger partial charge in [-0.2, -0.15) is 5.10 Å². The molecule has 0 spiro atoms. The van der Waals surface area contributed by atoms with Gasteiger partial charge in [0.2, 0.25) is 0 Å². The lowest BCUT2D eigenvalue weighted by Crippen LogP contribution is -2.25. The van der Waals surface area contributed by atoms with Crippen molar-refractivity contribution in [3.63, 3.8) is 0 Å². The van der Waals surface area contributed by atoms with E-state index >= 15 is 0 Å². The first-order chi connectivity index (χ1) is 10.0. The van der Waals surface area contributed by atoms with Crippen molar-refractivity contribution < 1.29 is 0 Å². The number of anilines is 1. The number of aromatic nitrogens is 2. The molecular formula is C16H23ClN4. The molecule has 2 aromatic rings. The highest BCUT2D eigenvalue weighted by Gasteiger charge is 2.15. The summed E-state index contributed by atoms with van der Waals surface area (Å²) in [6.07, 6.45) is 1.09. The zero-order valence-corrected chi connectivity index (χ0v) is 13.7. The van der Waals surface area contributed by atoms with E-state index in [1.807, 2.05) is 36.9 Å². The van der Waals surface area contributed by atoms with Gasteiger partial charge in [0.15, 0.2) is 0 Å². The monoisotopic (exact) mass is 306 g/mol. The normalized spacial score (nSPS) is 11.3. The summed E-state index contributed by atoms with van der Waals surface area (Å²) in [7, 11) is 1.94. The highest BCUT2D eigenvalue weighted by Crippen LogP contribution is 2.22. The molecule has 0 aliphatic heterocycles. The number of nitrogen functional groups attached to an aromatic ring is 1. The molecule has 0 saturated heterocycles. The van der Waals surface area contributed by atoms with E-state index in [4.69, 9.17) is 17.3 Å². The fourth-order valence-electron chi connectivity index (χ4n) is 2.54. The Bertz CT molecular complexity index is 606. The molecule has 2 N–H and O–H groups in total. The average Bonchev–Trinajstić information content (AvgIpc) is 2.66. The summed E-state index contributed by atoms with van der Waals surface area (Å²) in [6, 6.07) is 8.04. The van der Waals surface area contributed by atoms with Gasteiger partial charge in [-0.05, 0) is 37.6 Å². The van der Waals surface area contributed by atoms with E-state index in [0.717, 1.165) is 48.2 Å². The zero-order valence-electron chi connectivity index (χ0n) is 12.9. The molecule has 21 heavy (non-hydrogen) atoms. The summed E-state index contributed by atoms with van der Waals surface area (Å²) in [5, 5.41) is 5.15. The van der Waals surface area contributed by atoms with Crippen LogP contribution in [0.15, 0.2) is 24.3 Å². The molecule has 1 aromatic heterocycles. The van der Waals surface area contributed by atoms with E-state index < -0.39 is 0 Å². The van der Waals surface area contributed by atoms with Crippen LogP contribution in [0.3, 0.4) is 0 Å². The van der Waals surface area contributed by atoms with Crippen molar-refractivity contribution in [1.29, 1.82) is 0 Å². The molecule has 0 unspecified atom stereocenters. The third kappa shape index (κ3) is 3.99. The lowest BCUT2D eigenvalue weighted by Gasteiger charge is -2.22. The smallest absolute Gasteiger partial charge is 0.0860 e. The number of hydrogen-bond acceptors (Lipinski definition) is 3. The van der Waals surface area contributed by atoms with Gasteiger partial charge in [0.1, 0.15) is 0 Å². The largest absolute Gasteiger partial charge is 0.399 e. The van der Waals surface area contributed by atoms with Crippen LogP contribution in [0.5, 0.6) is 0 Å². The topological polar surface area (TPSA) is 47.1 Å². The minimum absolute atomic E-state index is 0.770. The van der Waals surface area contributed by atoms with E-state index in [9.17, 15) is 0 Å². The quantitative estimate of drug-likeness (QED) is 0.832. The molecule has 2 rings (SSSR count). The van der Waals surface area contributed by atoms with Crippen molar-refractivity contribution in [2.75, 3.05) is 12.3 Å². The molecule has 1 heterocycles. The first kappa shape index (κ1) is 15.9. The second-order valence-corrected chi connectivity index (χ2v) is 5.80. The summed E-state index contributed by atoms with van der Waals surface area (Å²) in [5.41, 5.74) is 9.83. The molecule has 0 bridgehead atoms. The summed E-state index contributed by atoms with van der Waals surface area (Å²) in [5.74, 6) is 0. The second kappa shape index (κ2) is 6.96. The third-order valence-electron chi connectivity index (χ3n) is 3.53. The Kier molecular flexibility index (Phi) is 5.26. The summed E-state index contributed by atoms with van der Waals surface area (Å²) in [6.45, 7) is 6.78. The number of aryl methyl sites for hydroxylation is 2. The van der Waals surface area contributed by atoms with Crippen LogP contribution < -0.4 is 5.73 Å². The van der Waals surface area contributed by atoms with Crippen LogP contribution in [0, 0.1) is 6.92 Å². The van der Waals surface area contributed by atoms with Crippen molar-refractivity contribution in [3.05, 3.63) is 46.2 Å². The number of rotatable bonds is 6. The minimum atomic E-state index is 0.770. The van der Waals surface area contributed by atoms with Crippen LogP contribution in [0.1, 0.15) is 30.3 Å². The van der Waals surface area contributed by atoms with Crippen LogP contribution >= 0.6 is 11.6 Å². The predicted molar refractivity (Wildman–Crippen MR) is 88.2 cm³/mol. The molecule has 0 aliphatic rings. The molecule has 114 valence electrons. The predicted octanol–water partition coefficient (Wildman–Crippen LogP) is 3.38. The molecular weight excluding hydrogens is 284 g/mol. The summed E-state index contributed by atoms with van der Waals surface area (Å²) in [4.78, 5) is 2.37. The summed E-state index contributed by atoms with van der Waals surface area (Å²) >= 11 is 6.36. The molecule has 0 atom stereocenters. The maximum absolute atomic E-state index is 6.36. The molecule has 0 amide bonds. The van der Waals surface area contributed by atoms with Crippen LogP contribution in [0.25, 0.3) is 0 Å². The van der Waals surface area contributed by atoms with Gasteiger partial charge in [0.25, 0.3) is 0 Å². The fraction of sp³-hybridized carbons (Fsp3) is 0.438. The number of halogens is 1. The highest BCUT2D eigenvalue weighted by molar-refractivity contribution is 6.31. The first-order valence-corrected chi connectivity index (χ1v) is 7.63. The minimum Gasteiger partial charge on any atom is -0.399 e. The molecule has 1 aromatic carbocycles. The molecule has 0 saturated carbocycles. The van der Waals surface area contributed by atoms with E-state index in [2.05, 4.69) is 23.0 Å². The number of benzene rings is 1. The van der Waals surface area contributed by atoms with Crippen molar-refractivity contribution in [2.24, 2.45) is 7.05 Å². The highest BCUT2D eigenvalue weighted by atomic mass is 35.5. The van der Waals surface area contributed by atoms with E-state index in [1.165, 1.54) is 5.56 Å². The van der Waals surface area contributed by atoms with Crippen LogP contribution in [-0.2, 0) is 20.1 Å². The summed E-state index contributed by atoms with van der Waals surface area (Å²) < 4.78 is 1.87. The fourth-order valence-corrected chi connectivity index (χ4v) is 2.76. The van der Waals surface area contributed by atoms with Gasteiger partial charge in [-0.15, -0.1) is 0 Å². The average molecular weight is 307 g/mol. The Morgan fingerprint density at radius 1 is 1.33 bits per heavy atom. The van der Waals surface area contributed by atoms with Gasteiger partial charge >= 0.3 is 0 Å². The van der Waals surface area contributed by atoms with Gasteiger partial charge in [0.05, 0.1) is 16.4 Å². The number of nitrogens with two attached hydrogens (primary N) is 1. The van der Waals surface area contributed by atoms with Crippen molar-refractivity contribution in [1.82, 2.24) is 14.7 Å². The van der Waals surface area contributed by atoms with Crippen LogP contribution in [0.4, 0.5) is 5.69 Å². The van der Waals surface area contributed by atoms with E-state index in [1.54, 1.807) is 0 Å². The van der Waals surface area contributed by atoms with E-state index in [0.29, 0.717) is 0 Å². The maximum atomic E-state index is 6.36. The van der Waals surface area contributed by atoms with Crippen molar-refractivity contribution >= 4 is 17.3 Å². The molecule has 5 heteroatoms. The Balaban J connectivity index is 2.15. The number of hydrogen-bond donors (Lipinski definition) is 1. The molecule has 0 fully saturated rings. The maximum Gasteiger partial charge on any atom is 0.0860 e. The Morgan fingerprint density at radius 2 is 2.10 bits per heavy atom. The third-order valence-corrected chi connectivity index (χ3v) is 4.02. The van der Waals surface area contributed by atoms with Gasteiger partial charge in [-0.3, -0.25) is 9.58 Å². The Morgan fingerprint density at radius 3 is 2.67 bits per heavy atom. The standard InChI is InChI=1S/C16H23ClN4/c1-4-8-21(10-13-6-5-7-14(18)9-13)11-15-16(17)12(2)19-20(15)3/h5-7,9H,4,8,10-11,18H2,1-3H3. The SMILES string of the molecule is CCCN(Cc1cccc(N)c1)Cc1c(Cl)c(C)nn1C. The molecule has 4 nitrogen and oxygen atoms in total. The number of nitrogens with zero attached hydrogens (tertiary/aromatic N) is 3. The van der Waals surface area contributed by atoms with Crippen molar-refractivity contribution in [3.8, 4) is 0 Å². The molecule has 0 aliphatic carbocycles. The van der Waals surface area contributed by atoms with Crippen LogP contribution in [-0.4, -0.2) is 21.2 Å². The van der Waals surface area contributed by atoms with Gasteiger partial charge < -0.3 is 5.73 Å². The second-order valence-electron chi connectivity index (χ2n) is 5.43. The Labute approximate surface area is 131 Å². The molecule has 0 radical (unpaired) electrons. The van der Waals surface area contributed by atoms with E-state index in [-0.39, 0.29) is 0 Å². The van der Waals surface area contributed by atoms with Gasteiger partial charge in [-0.25, -0.2) is 0 Å². The van der Waals surface area contributed by atoms with Gasteiger partial charge in [-0.1, -0.05) is 30.7 Å². The zero-order chi connectivity index (χ0) is 15.4. The van der Waals surface area contributed by atoms with Crippen molar-refractivity contribution in [2.45, 2.75) is 33.4 Å². The van der Waals surface area contributed by atoms with Crippen LogP contribution in [0.2, 0.25) is 5.02 Å². The lowest BCUT2D eigenvalue weighted by molar-refractivity contribution is 0.250. The Hall–Kier alpha value is -1.52. The van der Waals surface area contributed by atoms with Gasteiger partial charge in [0, 0.05) is 25.8 Å². The first-order valence-electron chi connectivity index (χ1n) is 7.26. The lowest BCUT2D eigenvalue weighted by atomic mass is 10.2.